The van der Waals surface area contributed by atoms with Crippen LogP contribution in [-0.2, 0) is 0 Å². The van der Waals surface area contributed by atoms with Gasteiger partial charge in [-0.25, -0.2) is 0 Å². The molecule has 1 saturated heterocycles. The number of amides is 1. The van der Waals surface area contributed by atoms with Crippen molar-refractivity contribution in [3.63, 3.8) is 0 Å². The van der Waals surface area contributed by atoms with Gasteiger partial charge in [-0.15, -0.1) is 0 Å². The Balaban J connectivity index is 1.61. The highest BCUT2D eigenvalue weighted by Gasteiger charge is 2.30. The number of nitrogens with zero attached hydrogens (tertiary/aromatic N) is 2. The summed E-state index contributed by atoms with van der Waals surface area (Å²) in [4.78, 5) is 36.2. The summed E-state index contributed by atoms with van der Waals surface area (Å²) >= 11 is 0. The zero-order valence-corrected chi connectivity index (χ0v) is 12.9. The van der Waals surface area contributed by atoms with Crippen LogP contribution in [0.1, 0.15) is 33.8 Å². The Morgan fingerprint density at radius 2 is 1.75 bits per heavy atom. The smallest absolute Gasteiger partial charge is 0.395 e. The van der Waals surface area contributed by atoms with Gasteiger partial charge in [-0.05, 0) is 18.9 Å². The normalized spacial score (nSPS) is 15.2. The standard InChI is InChI=1S/C17H16N2O5/c20-16(12-4-2-1-3-5-12)13-8-10-18(11-9-13)17(21)14-6-7-15(24-14)19(22)23/h1-7,13H,8-11H2. The Kier molecular flexibility index (Phi) is 4.41. The monoisotopic (exact) mass is 328 g/mol. The van der Waals surface area contributed by atoms with Gasteiger partial charge in [0.2, 0.25) is 0 Å². The summed E-state index contributed by atoms with van der Waals surface area (Å²) in [5.41, 5.74) is 0.684. The number of likely N-dealkylation sites (tertiary alicyclic amines) is 1. The number of hydrogen-bond acceptors (Lipinski definition) is 5. The molecule has 1 aromatic carbocycles. The minimum absolute atomic E-state index is 0.0467. The van der Waals surface area contributed by atoms with E-state index < -0.39 is 10.8 Å². The molecule has 1 aromatic heterocycles. The second-order valence-corrected chi connectivity index (χ2v) is 5.69. The maximum absolute atomic E-state index is 12.4. The molecule has 1 amide bonds. The van der Waals surface area contributed by atoms with Crippen LogP contribution < -0.4 is 0 Å². The van der Waals surface area contributed by atoms with Crippen molar-refractivity contribution in [3.8, 4) is 0 Å². The Morgan fingerprint density at radius 3 is 2.33 bits per heavy atom. The minimum atomic E-state index is -0.679. The molecule has 0 aliphatic carbocycles. The van der Waals surface area contributed by atoms with Crippen LogP contribution >= 0.6 is 0 Å². The van der Waals surface area contributed by atoms with Gasteiger partial charge in [0.1, 0.15) is 4.92 Å². The third kappa shape index (κ3) is 3.19. The molecule has 24 heavy (non-hydrogen) atoms. The first-order chi connectivity index (χ1) is 11.6. The quantitative estimate of drug-likeness (QED) is 0.488. The van der Waals surface area contributed by atoms with Gasteiger partial charge < -0.3 is 9.32 Å². The fourth-order valence-corrected chi connectivity index (χ4v) is 2.88. The highest BCUT2D eigenvalue weighted by atomic mass is 16.6. The number of furan rings is 1. The van der Waals surface area contributed by atoms with Crippen molar-refractivity contribution >= 4 is 17.6 Å². The molecule has 3 rings (SSSR count). The lowest BCUT2D eigenvalue weighted by molar-refractivity contribution is -0.402. The lowest BCUT2D eigenvalue weighted by atomic mass is 9.89. The molecular formula is C17H16N2O5. The van der Waals surface area contributed by atoms with Crippen molar-refractivity contribution in [2.45, 2.75) is 12.8 Å². The summed E-state index contributed by atoms with van der Waals surface area (Å²) in [6, 6.07) is 11.6. The van der Waals surface area contributed by atoms with E-state index in [9.17, 15) is 19.7 Å². The van der Waals surface area contributed by atoms with Gasteiger partial charge in [-0.1, -0.05) is 30.3 Å². The van der Waals surface area contributed by atoms with Crippen LogP contribution in [0, 0.1) is 16.0 Å². The van der Waals surface area contributed by atoms with E-state index in [4.69, 9.17) is 4.42 Å². The van der Waals surface area contributed by atoms with E-state index in [2.05, 4.69) is 0 Å². The van der Waals surface area contributed by atoms with E-state index in [1.807, 2.05) is 18.2 Å². The van der Waals surface area contributed by atoms with Crippen LogP contribution in [0.15, 0.2) is 46.9 Å². The summed E-state index contributed by atoms with van der Waals surface area (Å²) in [6.07, 6.45) is 1.14. The first-order valence-corrected chi connectivity index (χ1v) is 7.69. The Labute approximate surface area is 138 Å². The number of hydrogen-bond donors (Lipinski definition) is 0. The average Bonchev–Trinajstić information content (AvgIpc) is 3.12. The molecule has 2 aromatic rings. The third-order valence-electron chi connectivity index (χ3n) is 4.19. The number of piperidine rings is 1. The molecule has 2 heterocycles. The van der Waals surface area contributed by atoms with Gasteiger partial charge in [-0.3, -0.25) is 19.7 Å². The molecule has 0 N–H and O–H groups in total. The van der Waals surface area contributed by atoms with Crippen LogP contribution in [0.2, 0.25) is 0 Å². The maximum Gasteiger partial charge on any atom is 0.433 e. The third-order valence-corrected chi connectivity index (χ3v) is 4.19. The van der Waals surface area contributed by atoms with E-state index in [1.165, 1.54) is 12.1 Å². The van der Waals surface area contributed by atoms with E-state index in [0.717, 1.165) is 0 Å². The molecule has 1 aliphatic rings. The molecule has 0 spiro atoms. The van der Waals surface area contributed by atoms with Crippen molar-refractivity contribution in [1.82, 2.24) is 4.90 Å². The van der Waals surface area contributed by atoms with Crippen molar-refractivity contribution in [2.75, 3.05) is 13.1 Å². The van der Waals surface area contributed by atoms with Crippen LogP contribution in [0.5, 0.6) is 0 Å². The van der Waals surface area contributed by atoms with E-state index in [-0.39, 0.29) is 23.4 Å². The van der Waals surface area contributed by atoms with Crippen molar-refractivity contribution in [2.24, 2.45) is 5.92 Å². The molecule has 124 valence electrons. The molecule has 0 bridgehead atoms. The van der Waals surface area contributed by atoms with E-state index in [0.29, 0.717) is 31.5 Å². The summed E-state index contributed by atoms with van der Waals surface area (Å²) < 4.78 is 4.95. The van der Waals surface area contributed by atoms with Crippen LogP contribution in [0.25, 0.3) is 0 Å². The molecule has 0 unspecified atom stereocenters. The Morgan fingerprint density at radius 1 is 1.08 bits per heavy atom. The lowest BCUT2D eigenvalue weighted by Gasteiger charge is -2.30. The molecule has 1 fully saturated rings. The SMILES string of the molecule is O=C(c1ccccc1)C1CCN(C(=O)c2ccc([N+](=O)[O-])o2)CC1. The predicted molar refractivity (Wildman–Crippen MR) is 84.8 cm³/mol. The minimum Gasteiger partial charge on any atom is -0.395 e. The van der Waals surface area contributed by atoms with Crippen molar-refractivity contribution in [1.29, 1.82) is 0 Å². The maximum atomic E-state index is 12.4. The molecule has 1 aliphatic heterocycles. The van der Waals surface area contributed by atoms with Gasteiger partial charge in [-0.2, -0.15) is 0 Å². The summed E-state index contributed by atoms with van der Waals surface area (Å²) in [5, 5.41) is 10.6. The van der Waals surface area contributed by atoms with Crippen molar-refractivity contribution < 1.29 is 18.9 Å². The molecule has 0 atom stereocenters. The summed E-state index contributed by atoms with van der Waals surface area (Å²) in [5.74, 6) is -0.894. The van der Waals surface area contributed by atoms with Gasteiger partial charge in [0.05, 0.1) is 6.07 Å². The number of nitro groups is 1. The molecule has 7 nitrogen and oxygen atoms in total. The van der Waals surface area contributed by atoms with Crippen LogP contribution in [-0.4, -0.2) is 34.6 Å². The Bertz CT molecular complexity index is 760. The number of Topliss-reactive ketones (excluding diaryl/α,β-unsaturated/α-hetero) is 1. The molecule has 0 radical (unpaired) electrons. The number of rotatable bonds is 4. The van der Waals surface area contributed by atoms with E-state index in [1.54, 1.807) is 17.0 Å². The number of carbonyl (C=O) groups is 2. The largest absolute Gasteiger partial charge is 0.433 e. The molecule has 0 saturated carbocycles. The zero-order chi connectivity index (χ0) is 17.1. The molecule has 7 heteroatoms. The lowest BCUT2D eigenvalue weighted by Crippen LogP contribution is -2.40. The highest BCUT2D eigenvalue weighted by Crippen LogP contribution is 2.24. The van der Waals surface area contributed by atoms with E-state index >= 15 is 0 Å². The van der Waals surface area contributed by atoms with Crippen molar-refractivity contribution in [3.05, 3.63) is 63.9 Å². The fraction of sp³-hybridized carbons (Fsp3) is 0.294. The average molecular weight is 328 g/mol. The number of ketones is 1. The van der Waals surface area contributed by atoms with Crippen LogP contribution in [0.3, 0.4) is 0 Å². The second kappa shape index (κ2) is 6.66. The van der Waals surface area contributed by atoms with Gasteiger partial charge in [0.25, 0.3) is 5.91 Å². The predicted octanol–water partition coefficient (Wildman–Crippen LogP) is 2.92. The summed E-state index contributed by atoms with van der Waals surface area (Å²) in [7, 11) is 0. The fourth-order valence-electron chi connectivity index (χ4n) is 2.88. The first kappa shape index (κ1) is 15.9. The molecular weight excluding hydrogens is 312 g/mol. The van der Waals surface area contributed by atoms with Crippen LogP contribution in [0.4, 0.5) is 5.88 Å². The highest BCUT2D eigenvalue weighted by molar-refractivity contribution is 5.98. The number of benzene rings is 1. The second-order valence-electron chi connectivity index (χ2n) is 5.69. The van der Waals surface area contributed by atoms with Gasteiger partial charge >= 0.3 is 5.88 Å². The zero-order valence-electron chi connectivity index (χ0n) is 12.9. The van der Waals surface area contributed by atoms with Gasteiger partial charge in [0, 0.05) is 24.6 Å². The Hall–Kier alpha value is -2.96. The van der Waals surface area contributed by atoms with Gasteiger partial charge in [0.15, 0.2) is 11.5 Å². The number of carbonyl (C=O) groups excluding carboxylic acids is 2. The topological polar surface area (TPSA) is 93.7 Å². The first-order valence-electron chi connectivity index (χ1n) is 7.69. The summed E-state index contributed by atoms with van der Waals surface area (Å²) in [6.45, 7) is 0.854.